The Kier molecular flexibility index (Phi) is 17.1. The molecule has 0 bridgehead atoms. The molecule has 0 aliphatic carbocycles. The molecule has 0 N–H and O–H groups in total. The topological polar surface area (TPSA) is 88.1 Å². The summed E-state index contributed by atoms with van der Waals surface area (Å²) in [6, 6.07) is 13.7. The van der Waals surface area contributed by atoms with Crippen LogP contribution in [-0.2, 0) is 28.5 Å². The summed E-state index contributed by atoms with van der Waals surface area (Å²) in [5.41, 5.74) is 0.970. The van der Waals surface area contributed by atoms with Crippen molar-refractivity contribution in [3.63, 3.8) is 0 Å². The Labute approximate surface area is 239 Å². The van der Waals surface area contributed by atoms with Crippen LogP contribution in [0.15, 0.2) is 54.6 Å². The lowest BCUT2D eigenvalue weighted by Crippen LogP contribution is -2.12. The van der Waals surface area contributed by atoms with Crippen LogP contribution < -0.4 is 0 Å². The fraction of sp³-hybridized carbons (Fsp3) is 0.545. The van der Waals surface area contributed by atoms with Crippen molar-refractivity contribution in [2.75, 3.05) is 33.0 Å². The number of rotatable bonds is 22. The molecule has 0 heterocycles. The second-order valence-electron chi connectivity index (χ2n) is 10.1. The lowest BCUT2D eigenvalue weighted by atomic mass is 10.1. The Morgan fingerprint density at radius 1 is 0.625 bits per heavy atom. The monoisotopic (exact) mass is 554 g/mol. The lowest BCUT2D eigenvalue weighted by molar-refractivity contribution is -0.144. The molecule has 2 rings (SSSR count). The molecule has 0 aliphatic heterocycles. The summed E-state index contributed by atoms with van der Waals surface area (Å²) in [5.74, 6) is -0.864. The number of ether oxygens (including phenoxy) is 4. The van der Waals surface area contributed by atoms with Gasteiger partial charge in [-0.25, -0.2) is 9.59 Å². The van der Waals surface area contributed by atoms with Crippen molar-refractivity contribution in [3.8, 4) is 0 Å². The highest BCUT2D eigenvalue weighted by Gasteiger charge is 2.08. The minimum Gasteiger partial charge on any atom is -0.466 e. The zero-order valence-corrected chi connectivity index (χ0v) is 24.1. The quantitative estimate of drug-likeness (QED) is 0.0650. The first kappa shape index (κ1) is 33.0. The molecule has 0 unspecified atom stereocenters. The van der Waals surface area contributed by atoms with Crippen LogP contribution >= 0.6 is 0 Å². The minimum absolute atomic E-state index is 0.183. The first-order valence-electron chi connectivity index (χ1n) is 14.7. The van der Waals surface area contributed by atoms with Gasteiger partial charge in [-0.1, -0.05) is 88.3 Å². The number of fused-ring (bicyclic) bond motifs is 1. The number of carbonyl (C=O) groups is 3. The summed E-state index contributed by atoms with van der Waals surface area (Å²) < 4.78 is 21.0. The van der Waals surface area contributed by atoms with Crippen LogP contribution in [0.1, 0.15) is 94.3 Å². The molecule has 0 saturated carbocycles. The van der Waals surface area contributed by atoms with Gasteiger partial charge in [-0.05, 0) is 49.1 Å². The van der Waals surface area contributed by atoms with Crippen molar-refractivity contribution in [3.05, 3.63) is 60.2 Å². The van der Waals surface area contributed by atoms with Crippen LogP contribution in [0, 0.1) is 0 Å². The van der Waals surface area contributed by atoms with Crippen molar-refractivity contribution in [2.24, 2.45) is 0 Å². The second-order valence-corrected chi connectivity index (χ2v) is 10.1. The van der Waals surface area contributed by atoms with Gasteiger partial charge in [-0.15, -0.1) is 0 Å². The summed E-state index contributed by atoms with van der Waals surface area (Å²) in [7, 11) is 0. The van der Waals surface area contributed by atoms with Gasteiger partial charge in [-0.3, -0.25) is 4.79 Å². The van der Waals surface area contributed by atoms with Crippen molar-refractivity contribution in [2.45, 2.75) is 84.0 Å². The molecular formula is C33H46O7. The summed E-state index contributed by atoms with van der Waals surface area (Å²) in [5, 5.41) is 2.17. The van der Waals surface area contributed by atoms with Crippen LogP contribution in [0.5, 0.6) is 0 Å². The standard InChI is InChI=1S/C33H46O7/c1-27(2)32(35)40-25-24-37-21-15-18-31(34)38-22-13-9-7-5-3-4-6-8-10-14-23-39-33(36)30-20-19-28-16-11-12-17-29(28)26-30/h11-12,16-17,19-20,26H,1,3-10,13-15,18,21-25H2,2H3. The first-order chi connectivity index (χ1) is 19.5. The van der Waals surface area contributed by atoms with Gasteiger partial charge in [0.25, 0.3) is 0 Å². The van der Waals surface area contributed by atoms with E-state index < -0.39 is 5.97 Å². The highest BCUT2D eigenvalue weighted by Crippen LogP contribution is 2.17. The van der Waals surface area contributed by atoms with Crippen LogP contribution in [0.2, 0.25) is 0 Å². The molecule has 0 saturated heterocycles. The van der Waals surface area contributed by atoms with E-state index in [1.807, 2.05) is 42.5 Å². The maximum absolute atomic E-state index is 12.3. The Bertz CT molecular complexity index is 1050. The predicted octanol–water partition coefficient (Wildman–Crippen LogP) is 7.36. The number of esters is 3. The van der Waals surface area contributed by atoms with Crippen molar-refractivity contribution in [1.82, 2.24) is 0 Å². The molecule has 0 amide bonds. The molecule has 0 fully saturated rings. The van der Waals surface area contributed by atoms with E-state index in [4.69, 9.17) is 18.9 Å². The SMILES string of the molecule is C=C(C)C(=O)OCCOCCCC(=O)OCCCCCCCCCCCCOC(=O)c1ccc2ccccc2c1. The van der Waals surface area contributed by atoms with E-state index in [0.29, 0.717) is 50.4 Å². The summed E-state index contributed by atoms with van der Waals surface area (Å²) >= 11 is 0. The Balaban J connectivity index is 1.30. The molecule has 2 aromatic carbocycles. The van der Waals surface area contributed by atoms with E-state index in [1.165, 1.54) is 25.7 Å². The zero-order chi connectivity index (χ0) is 28.8. The Morgan fingerprint density at radius 2 is 1.23 bits per heavy atom. The van der Waals surface area contributed by atoms with Crippen LogP contribution in [0.3, 0.4) is 0 Å². The van der Waals surface area contributed by atoms with Gasteiger partial charge in [0.1, 0.15) is 6.61 Å². The summed E-state index contributed by atoms with van der Waals surface area (Å²) in [6.45, 7) is 6.96. The van der Waals surface area contributed by atoms with Gasteiger partial charge >= 0.3 is 17.9 Å². The summed E-state index contributed by atoms with van der Waals surface area (Å²) in [4.78, 5) is 35.2. The molecule has 40 heavy (non-hydrogen) atoms. The molecule has 0 aliphatic rings. The third-order valence-corrected chi connectivity index (χ3v) is 6.50. The van der Waals surface area contributed by atoms with Crippen molar-refractivity contribution >= 4 is 28.7 Å². The summed E-state index contributed by atoms with van der Waals surface area (Å²) in [6.07, 6.45) is 12.1. The zero-order valence-electron chi connectivity index (χ0n) is 24.1. The van der Waals surface area contributed by atoms with Gasteiger partial charge in [-0.2, -0.15) is 0 Å². The Morgan fingerprint density at radius 3 is 1.88 bits per heavy atom. The van der Waals surface area contributed by atoms with Gasteiger partial charge in [0.2, 0.25) is 0 Å². The highest BCUT2D eigenvalue weighted by atomic mass is 16.6. The number of hydrogen-bond donors (Lipinski definition) is 0. The van der Waals surface area contributed by atoms with E-state index in [1.54, 1.807) is 6.92 Å². The van der Waals surface area contributed by atoms with E-state index in [0.717, 1.165) is 49.3 Å². The van der Waals surface area contributed by atoms with E-state index in [-0.39, 0.29) is 18.5 Å². The number of hydrogen-bond acceptors (Lipinski definition) is 7. The maximum Gasteiger partial charge on any atom is 0.338 e. The fourth-order valence-corrected chi connectivity index (χ4v) is 4.18. The third kappa shape index (κ3) is 14.8. The number of benzene rings is 2. The third-order valence-electron chi connectivity index (χ3n) is 6.50. The normalized spacial score (nSPS) is 10.8. The molecular weight excluding hydrogens is 508 g/mol. The van der Waals surface area contributed by atoms with Gasteiger partial charge < -0.3 is 18.9 Å². The molecule has 0 atom stereocenters. The number of unbranched alkanes of at least 4 members (excludes halogenated alkanes) is 9. The largest absolute Gasteiger partial charge is 0.466 e. The molecule has 7 heteroatoms. The average molecular weight is 555 g/mol. The number of carbonyl (C=O) groups excluding carboxylic acids is 3. The lowest BCUT2D eigenvalue weighted by Gasteiger charge is -2.07. The van der Waals surface area contributed by atoms with Gasteiger partial charge in [0.05, 0.1) is 25.4 Å². The maximum atomic E-state index is 12.3. The first-order valence-corrected chi connectivity index (χ1v) is 14.7. The van der Waals surface area contributed by atoms with Gasteiger partial charge in [0.15, 0.2) is 0 Å². The average Bonchev–Trinajstić information content (AvgIpc) is 2.96. The van der Waals surface area contributed by atoms with E-state index in [2.05, 4.69) is 6.58 Å². The van der Waals surface area contributed by atoms with Gasteiger partial charge in [0, 0.05) is 18.6 Å². The smallest absolute Gasteiger partial charge is 0.338 e. The predicted molar refractivity (Wildman–Crippen MR) is 157 cm³/mol. The Hall–Kier alpha value is -3.19. The molecule has 0 spiro atoms. The molecule has 220 valence electrons. The molecule has 0 aromatic heterocycles. The van der Waals surface area contributed by atoms with Crippen molar-refractivity contribution < 1.29 is 33.3 Å². The van der Waals surface area contributed by atoms with E-state index >= 15 is 0 Å². The molecule has 2 aromatic rings. The van der Waals surface area contributed by atoms with E-state index in [9.17, 15) is 14.4 Å². The van der Waals surface area contributed by atoms with Crippen molar-refractivity contribution in [1.29, 1.82) is 0 Å². The van der Waals surface area contributed by atoms with Crippen LogP contribution in [0.25, 0.3) is 10.8 Å². The fourth-order valence-electron chi connectivity index (χ4n) is 4.18. The molecule has 7 nitrogen and oxygen atoms in total. The van der Waals surface area contributed by atoms with Crippen LogP contribution in [-0.4, -0.2) is 50.9 Å². The second kappa shape index (κ2) is 20.7. The highest BCUT2D eigenvalue weighted by molar-refractivity contribution is 5.95. The minimum atomic E-state index is -0.422. The molecule has 0 radical (unpaired) electrons. The van der Waals surface area contributed by atoms with Crippen LogP contribution in [0.4, 0.5) is 0 Å².